The van der Waals surface area contributed by atoms with Crippen LogP contribution in [0.3, 0.4) is 0 Å². The van der Waals surface area contributed by atoms with Gasteiger partial charge in [0.1, 0.15) is 6.04 Å². The summed E-state index contributed by atoms with van der Waals surface area (Å²) >= 11 is 0. The highest BCUT2D eigenvalue weighted by atomic mass is 16.2. The minimum Gasteiger partial charge on any atom is -0.336 e. The molecule has 0 aromatic heterocycles. The van der Waals surface area contributed by atoms with Crippen molar-refractivity contribution in [2.45, 2.75) is 32.9 Å². The standard InChI is InChI=1S/C16H23N3O2/c1-11(2)14(13-7-5-4-6-8-13)18-12(3)15(20)19-10-9-17-16(19)21/h4-8,11-12,14,18H,9-10H2,1-3H3,(H,17,21)/p+1/t12-,14-/m1/s1. The van der Waals surface area contributed by atoms with Crippen LogP contribution in [0.4, 0.5) is 4.79 Å². The highest BCUT2D eigenvalue weighted by Crippen LogP contribution is 2.17. The summed E-state index contributed by atoms with van der Waals surface area (Å²) in [6.07, 6.45) is 0. The number of amides is 3. The van der Waals surface area contributed by atoms with Gasteiger partial charge in [0.25, 0.3) is 5.91 Å². The van der Waals surface area contributed by atoms with Crippen LogP contribution >= 0.6 is 0 Å². The molecule has 1 aromatic carbocycles. The van der Waals surface area contributed by atoms with Gasteiger partial charge in [0, 0.05) is 24.6 Å². The van der Waals surface area contributed by atoms with Crippen LogP contribution < -0.4 is 10.6 Å². The van der Waals surface area contributed by atoms with Gasteiger partial charge in [-0.25, -0.2) is 4.79 Å². The minimum absolute atomic E-state index is 0.119. The van der Waals surface area contributed by atoms with E-state index in [1.807, 2.05) is 25.1 Å². The Hall–Kier alpha value is -1.88. The summed E-state index contributed by atoms with van der Waals surface area (Å²) in [5.41, 5.74) is 1.21. The SMILES string of the molecule is CC(C)[C@@H]([NH2+][C@H](C)C(=O)N1CCNC1=O)c1ccccc1. The topological polar surface area (TPSA) is 66.0 Å². The Kier molecular flexibility index (Phi) is 4.96. The fraction of sp³-hybridized carbons (Fsp3) is 0.500. The third kappa shape index (κ3) is 3.61. The zero-order valence-electron chi connectivity index (χ0n) is 12.9. The second-order valence-corrected chi connectivity index (χ2v) is 5.88. The number of carbonyl (C=O) groups excluding carboxylic acids is 2. The van der Waals surface area contributed by atoms with E-state index in [2.05, 4.69) is 36.6 Å². The molecule has 1 aliphatic heterocycles. The quantitative estimate of drug-likeness (QED) is 0.845. The lowest BCUT2D eigenvalue weighted by atomic mass is 9.95. The molecule has 1 aromatic rings. The summed E-state index contributed by atoms with van der Waals surface area (Å²) in [4.78, 5) is 25.3. The maximum absolute atomic E-state index is 12.4. The third-order valence-corrected chi connectivity index (χ3v) is 3.91. The summed E-state index contributed by atoms with van der Waals surface area (Å²) in [5, 5.41) is 4.73. The average molecular weight is 290 g/mol. The fourth-order valence-electron chi connectivity index (χ4n) is 2.71. The number of nitrogens with zero attached hydrogens (tertiary/aromatic N) is 1. The second-order valence-electron chi connectivity index (χ2n) is 5.88. The summed E-state index contributed by atoms with van der Waals surface area (Å²) < 4.78 is 0. The van der Waals surface area contributed by atoms with E-state index < -0.39 is 0 Å². The number of urea groups is 1. The normalized spacial score (nSPS) is 17.7. The van der Waals surface area contributed by atoms with Crippen molar-refractivity contribution in [1.29, 1.82) is 0 Å². The molecule has 2 rings (SSSR count). The Labute approximate surface area is 125 Å². The van der Waals surface area contributed by atoms with Crippen molar-refractivity contribution in [2.24, 2.45) is 5.92 Å². The maximum Gasteiger partial charge on any atom is 0.324 e. The van der Waals surface area contributed by atoms with E-state index >= 15 is 0 Å². The number of hydrogen-bond donors (Lipinski definition) is 2. The van der Waals surface area contributed by atoms with E-state index in [9.17, 15) is 9.59 Å². The average Bonchev–Trinajstić information content (AvgIpc) is 2.90. The van der Waals surface area contributed by atoms with E-state index in [-0.39, 0.29) is 24.0 Å². The summed E-state index contributed by atoms with van der Waals surface area (Å²) in [7, 11) is 0. The zero-order chi connectivity index (χ0) is 15.4. The van der Waals surface area contributed by atoms with Gasteiger partial charge < -0.3 is 10.6 Å². The molecular formula is C16H24N3O2+. The molecule has 3 amide bonds. The largest absolute Gasteiger partial charge is 0.336 e. The molecule has 1 aliphatic rings. The first kappa shape index (κ1) is 15.5. The number of nitrogens with one attached hydrogen (secondary N) is 1. The van der Waals surface area contributed by atoms with Gasteiger partial charge in [-0.1, -0.05) is 44.2 Å². The number of rotatable bonds is 5. The molecule has 3 N–H and O–H groups in total. The summed E-state index contributed by atoms with van der Waals surface area (Å²) in [6, 6.07) is 9.84. The van der Waals surface area contributed by atoms with Gasteiger partial charge in [0.2, 0.25) is 0 Å². The number of benzene rings is 1. The van der Waals surface area contributed by atoms with Crippen molar-refractivity contribution in [1.82, 2.24) is 10.2 Å². The molecule has 0 unspecified atom stereocenters. The van der Waals surface area contributed by atoms with Crippen molar-refractivity contribution < 1.29 is 14.9 Å². The number of nitrogens with two attached hydrogens (primary N) is 1. The van der Waals surface area contributed by atoms with Crippen LogP contribution in [0, 0.1) is 5.92 Å². The predicted molar refractivity (Wildman–Crippen MR) is 80.5 cm³/mol. The molecule has 1 heterocycles. The van der Waals surface area contributed by atoms with Crippen LogP contribution in [-0.4, -0.2) is 36.0 Å². The van der Waals surface area contributed by atoms with E-state index in [1.165, 1.54) is 10.5 Å². The van der Waals surface area contributed by atoms with Crippen molar-refractivity contribution in [2.75, 3.05) is 13.1 Å². The Morgan fingerprint density at radius 2 is 1.90 bits per heavy atom. The number of carbonyl (C=O) groups is 2. The fourth-order valence-corrected chi connectivity index (χ4v) is 2.71. The molecule has 5 heteroatoms. The molecule has 0 saturated carbocycles. The van der Waals surface area contributed by atoms with Gasteiger partial charge in [-0.3, -0.25) is 9.69 Å². The molecule has 1 saturated heterocycles. The van der Waals surface area contributed by atoms with Gasteiger partial charge in [0.15, 0.2) is 6.04 Å². The van der Waals surface area contributed by atoms with Gasteiger partial charge in [-0.05, 0) is 6.92 Å². The Bertz CT molecular complexity index is 502. The Balaban J connectivity index is 2.06. The zero-order valence-corrected chi connectivity index (χ0v) is 12.9. The van der Waals surface area contributed by atoms with Crippen molar-refractivity contribution in [3.05, 3.63) is 35.9 Å². The van der Waals surface area contributed by atoms with Crippen LogP contribution in [0.2, 0.25) is 0 Å². The lowest BCUT2D eigenvalue weighted by molar-refractivity contribution is -0.719. The van der Waals surface area contributed by atoms with Crippen molar-refractivity contribution in [3.63, 3.8) is 0 Å². The van der Waals surface area contributed by atoms with Crippen LogP contribution in [0.1, 0.15) is 32.4 Å². The summed E-state index contributed by atoms with van der Waals surface area (Å²) in [6.45, 7) is 7.17. The van der Waals surface area contributed by atoms with E-state index in [0.29, 0.717) is 19.0 Å². The molecule has 0 bridgehead atoms. The van der Waals surface area contributed by atoms with Crippen molar-refractivity contribution >= 4 is 11.9 Å². The Morgan fingerprint density at radius 3 is 2.43 bits per heavy atom. The van der Waals surface area contributed by atoms with Crippen LogP contribution in [0.15, 0.2) is 30.3 Å². The van der Waals surface area contributed by atoms with Gasteiger partial charge in [0.05, 0.1) is 0 Å². The first-order valence-electron chi connectivity index (χ1n) is 7.50. The highest BCUT2D eigenvalue weighted by Gasteiger charge is 2.33. The minimum atomic E-state index is -0.277. The van der Waals surface area contributed by atoms with E-state index in [1.54, 1.807) is 0 Å². The van der Waals surface area contributed by atoms with Crippen LogP contribution in [0.25, 0.3) is 0 Å². The highest BCUT2D eigenvalue weighted by molar-refractivity contribution is 5.97. The van der Waals surface area contributed by atoms with Gasteiger partial charge in [-0.2, -0.15) is 0 Å². The van der Waals surface area contributed by atoms with E-state index in [0.717, 1.165) is 0 Å². The monoisotopic (exact) mass is 290 g/mol. The smallest absolute Gasteiger partial charge is 0.324 e. The van der Waals surface area contributed by atoms with Crippen LogP contribution in [0.5, 0.6) is 0 Å². The molecule has 1 fully saturated rings. The predicted octanol–water partition coefficient (Wildman–Crippen LogP) is 0.887. The molecule has 0 spiro atoms. The van der Waals surface area contributed by atoms with E-state index in [4.69, 9.17) is 0 Å². The second kappa shape index (κ2) is 6.72. The number of hydrogen-bond acceptors (Lipinski definition) is 2. The maximum atomic E-state index is 12.4. The number of quaternary nitrogens is 1. The Morgan fingerprint density at radius 1 is 1.24 bits per heavy atom. The van der Waals surface area contributed by atoms with Gasteiger partial charge >= 0.3 is 6.03 Å². The number of imide groups is 1. The van der Waals surface area contributed by atoms with Crippen molar-refractivity contribution in [3.8, 4) is 0 Å². The third-order valence-electron chi connectivity index (χ3n) is 3.91. The lowest BCUT2D eigenvalue weighted by Crippen LogP contribution is -2.93. The molecule has 5 nitrogen and oxygen atoms in total. The first-order valence-corrected chi connectivity index (χ1v) is 7.50. The van der Waals surface area contributed by atoms with Gasteiger partial charge in [-0.15, -0.1) is 0 Å². The molecule has 114 valence electrons. The molecular weight excluding hydrogens is 266 g/mol. The van der Waals surface area contributed by atoms with Crippen LogP contribution in [-0.2, 0) is 4.79 Å². The molecule has 0 radical (unpaired) electrons. The molecule has 21 heavy (non-hydrogen) atoms. The summed E-state index contributed by atoms with van der Waals surface area (Å²) in [5.74, 6) is 0.279. The molecule has 2 atom stereocenters. The first-order chi connectivity index (χ1) is 10.0. The lowest BCUT2D eigenvalue weighted by Gasteiger charge is -2.24. The molecule has 0 aliphatic carbocycles.